The molecule has 0 heterocycles. The van der Waals surface area contributed by atoms with Gasteiger partial charge >= 0.3 is 0 Å². The predicted molar refractivity (Wildman–Crippen MR) is 27.6 cm³/mol. The Labute approximate surface area is 43.0 Å². The number of hydrogen-bond donors (Lipinski definition) is 0. The SMILES string of the molecule is CC1CCC=C1F. The third kappa shape index (κ3) is 0.817. The van der Waals surface area contributed by atoms with Gasteiger partial charge in [0.15, 0.2) is 0 Å². The standard InChI is InChI=1S/C6H9F/c1-5-3-2-4-6(5)7/h4-5H,2-3H2,1H3. The first-order valence-corrected chi connectivity index (χ1v) is 2.66. The molecule has 0 aromatic rings. The van der Waals surface area contributed by atoms with Crippen molar-refractivity contribution in [2.45, 2.75) is 19.8 Å². The highest BCUT2D eigenvalue weighted by Gasteiger charge is 2.12. The molecule has 0 radical (unpaired) electrons. The van der Waals surface area contributed by atoms with Crippen LogP contribution < -0.4 is 0 Å². The Hall–Kier alpha value is -0.330. The molecule has 0 N–H and O–H groups in total. The molecule has 0 aromatic heterocycles. The van der Waals surface area contributed by atoms with Gasteiger partial charge in [0.2, 0.25) is 0 Å². The lowest BCUT2D eigenvalue weighted by molar-refractivity contribution is 0.506. The van der Waals surface area contributed by atoms with Crippen LogP contribution in [0.4, 0.5) is 4.39 Å². The van der Waals surface area contributed by atoms with Gasteiger partial charge < -0.3 is 0 Å². The van der Waals surface area contributed by atoms with Crippen LogP contribution >= 0.6 is 0 Å². The zero-order chi connectivity index (χ0) is 5.28. The lowest BCUT2D eigenvalue weighted by Crippen LogP contribution is -1.84. The van der Waals surface area contributed by atoms with Gasteiger partial charge in [-0.1, -0.05) is 13.0 Å². The first kappa shape index (κ1) is 4.82. The van der Waals surface area contributed by atoms with Gasteiger partial charge in [0, 0.05) is 5.92 Å². The van der Waals surface area contributed by atoms with Crippen LogP contribution in [0, 0.1) is 5.92 Å². The molecule has 1 unspecified atom stereocenters. The van der Waals surface area contributed by atoms with Crippen LogP contribution in [0.15, 0.2) is 11.9 Å². The molecule has 0 nitrogen and oxygen atoms in total. The molecule has 0 bridgehead atoms. The van der Waals surface area contributed by atoms with Crippen molar-refractivity contribution < 1.29 is 4.39 Å². The van der Waals surface area contributed by atoms with E-state index in [1.807, 2.05) is 6.92 Å². The summed E-state index contributed by atoms with van der Waals surface area (Å²) < 4.78 is 12.2. The number of halogens is 1. The predicted octanol–water partition coefficient (Wildman–Crippen LogP) is 2.27. The monoisotopic (exact) mass is 100 g/mol. The maximum atomic E-state index is 12.2. The quantitative estimate of drug-likeness (QED) is 0.438. The second-order valence-corrected chi connectivity index (χ2v) is 2.07. The van der Waals surface area contributed by atoms with Gasteiger partial charge in [0.25, 0.3) is 0 Å². The molecule has 0 aromatic carbocycles. The lowest BCUT2D eigenvalue weighted by atomic mass is 10.1. The van der Waals surface area contributed by atoms with Crippen molar-refractivity contribution >= 4 is 0 Å². The zero-order valence-corrected chi connectivity index (χ0v) is 4.45. The molecule has 0 spiro atoms. The average molecular weight is 100 g/mol. The summed E-state index contributed by atoms with van der Waals surface area (Å²) in [5.41, 5.74) is 0. The molecule has 0 aliphatic heterocycles. The van der Waals surface area contributed by atoms with Crippen LogP contribution in [0.25, 0.3) is 0 Å². The second kappa shape index (κ2) is 1.65. The van der Waals surface area contributed by atoms with Crippen molar-refractivity contribution in [3.63, 3.8) is 0 Å². The fraction of sp³-hybridized carbons (Fsp3) is 0.667. The Morgan fingerprint density at radius 2 is 2.57 bits per heavy atom. The maximum absolute atomic E-state index is 12.2. The van der Waals surface area contributed by atoms with E-state index in [0.717, 1.165) is 12.8 Å². The normalized spacial score (nSPS) is 30.6. The summed E-state index contributed by atoms with van der Waals surface area (Å²) >= 11 is 0. The van der Waals surface area contributed by atoms with E-state index >= 15 is 0 Å². The topological polar surface area (TPSA) is 0 Å². The minimum absolute atomic E-state index is 0.0833. The molecule has 1 rings (SSSR count). The lowest BCUT2D eigenvalue weighted by Gasteiger charge is -1.94. The molecule has 7 heavy (non-hydrogen) atoms. The maximum Gasteiger partial charge on any atom is 0.0988 e. The van der Waals surface area contributed by atoms with E-state index in [2.05, 4.69) is 0 Å². The minimum atomic E-state index is 0.0833. The van der Waals surface area contributed by atoms with Crippen LogP contribution in [-0.4, -0.2) is 0 Å². The van der Waals surface area contributed by atoms with Crippen molar-refractivity contribution in [3.05, 3.63) is 11.9 Å². The van der Waals surface area contributed by atoms with E-state index in [1.54, 1.807) is 6.08 Å². The van der Waals surface area contributed by atoms with E-state index in [1.165, 1.54) is 0 Å². The van der Waals surface area contributed by atoms with Gasteiger partial charge in [-0.25, -0.2) is 4.39 Å². The summed E-state index contributed by atoms with van der Waals surface area (Å²) in [7, 11) is 0. The van der Waals surface area contributed by atoms with Gasteiger partial charge in [0.1, 0.15) is 0 Å². The number of hydrogen-bond acceptors (Lipinski definition) is 0. The van der Waals surface area contributed by atoms with Crippen LogP contribution in [0.5, 0.6) is 0 Å². The van der Waals surface area contributed by atoms with Crippen molar-refractivity contribution in [1.29, 1.82) is 0 Å². The van der Waals surface area contributed by atoms with Crippen LogP contribution in [-0.2, 0) is 0 Å². The van der Waals surface area contributed by atoms with E-state index in [9.17, 15) is 4.39 Å². The summed E-state index contributed by atoms with van der Waals surface area (Å²) in [5.74, 6) is 0.292. The van der Waals surface area contributed by atoms with Crippen LogP contribution in [0.2, 0.25) is 0 Å². The zero-order valence-electron chi connectivity index (χ0n) is 4.45. The van der Waals surface area contributed by atoms with Crippen molar-refractivity contribution in [2.24, 2.45) is 5.92 Å². The molecule has 1 heteroatoms. The Bertz CT molecular complexity index is 94.4. The van der Waals surface area contributed by atoms with Gasteiger partial charge in [-0.15, -0.1) is 0 Å². The van der Waals surface area contributed by atoms with E-state index in [-0.39, 0.29) is 11.7 Å². The van der Waals surface area contributed by atoms with Crippen molar-refractivity contribution in [1.82, 2.24) is 0 Å². The smallest absolute Gasteiger partial charge is 0.0988 e. The van der Waals surface area contributed by atoms with Gasteiger partial charge in [-0.2, -0.15) is 0 Å². The summed E-state index contributed by atoms with van der Waals surface area (Å²) in [6, 6.07) is 0. The number of allylic oxidation sites excluding steroid dienone is 2. The molecule has 40 valence electrons. The van der Waals surface area contributed by atoms with Crippen LogP contribution in [0.3, 0.4) is 0 Å². The highest BCUT2D eigenvalue weighted by atomic mass is 19.1. The molecule has 0 amide bonds. The van der Waals surface area contributed by atoms with E-state index < -0.39 is 0 Å². The third-order valence-corrected chi connectivity index (χ3v) is 1.41. The first-order valence-electron chi connectivity index (χ1n) is 2.66. The fourth-order valence-electron chi connectivity index (χ4n) is 0.810. The summed E-state index contributed by atoms with van der Waals surface area (Å²) in [6.45, 7) is 1.92. The molecule has 1 atom stereocenters. The molecular weight excluding hydrogens is 91.1 g/mol. The summed E-state index contributed by atoms with van der Waals surface area (Å²) in [6.07, 6.45) is 3.61. The highest BCUT2D eigenvalue weighted by molar-refractivity contribution is 5.02. The second-order valence-electron chi connectivity index (χ2n) is 2.07. The summed E-state index contributed by atoms with van der Waals surface area (Å²) in [4.78, 5) is 0. The Morgan fingerprint density at radius 3 is 2.71 bits per heavy atom. The average Bonchev–Trinajstić information content (AvgIpc) is 1.91. The molecule has 0 saturated heterocycles. The molecule has 0 fully saturated rings. The van der Waals surface area contributed by atoms with Crippen LogP contribution in [0.1, 0.15) is 19.8 Å². The molecule has 1 aliphatic rings. The number of rotatable bonds is 0. The van der Waals surface area contributed by atoms with E-state index in [4.69, 9.17) is 0 Å². The van der Waals surface area contributed by atoms with E-state index in [0.29, 0.717) is 0 Å². The van der Waals surface area contributed by atoms with Gasteiger partial charge in [-0.3, -0.25) is 0 Å². The fourth-order valence-corrected chi connectivity index (χ4v) is 0.810. The summed E-state index contributed by atoms with van der Waals surface area (Å²) in [5, 5.41) is 0. The Kier molecular flexibility index (Phi) is 1.13. The molecule has 0 saturated carbocycles. The first-order chi connectivity index (χ1) is 3.30. The molecule has 1 aliphatic carbocycles. The Morgan fingerprint density at radius 1 is 1.86 bits per heavy atom. The Balaban J connectivity index is 2.54. The van der Waals surface area contributed by atoms with Gasteiger partial charge in [0.05, 0.1) is 5.83 Å². The van der Waals surface area contributed by atoms with Crippen molar-refractivity contribution in [2.75, 3.05) is 0 Å². The molecular formula is C6H9F. The highest BCUT2D eigenvalue weighted by Crippen LogP contribution is 2.24. The third-order valence-electron chi connectivity index (χ3n) is 1.41. The largest absolute Gasteiger partial charge is 0.212 e. The van der Waals surface area contributed by atoms with Crippen molar-refractivity contribution in [3.8, 4) is 0 Å². The van der Waals surface area contributed by atoms with Gasteiger partial charge in [-0.05, 0) is 12.8 Å². The minimum Gasteiger partial charge on any atom is -0.212 e.